The minimum atomic E-state index is -4.09. The largest absolute Gasteiger partial charge is 0.490 e. The lowest BCUT2D eigenvalue weighted by Gasteiger charge is -2.36. The molecule has 13 heteroatoms. The molecule has 250 valence electrons. The molecule has 3 amide bonds. The predicted octanol–water partition coefficient (Wildman–Crippen LogP) is 4.47. The number of anilines is 1. The van der Waals surface area contributed by atoms with E-state index >= 15 is 0 Å². The van der Waals surface area contributed by atoms with Crippen molar-refractivity contribution in [2.24, 2.45) is 5.92 Å². The van der Waals surface area contributed by atoms with Gasteiger partial charge in [-0.1, -0.05) is 6.92 Å². The van der Waals surface area contributed by atoms with E-state index in [4.69, 9.17) is 9.47 Å². The van der Waals surface area contributed by atoms with Crippen LogP contribution < -0.4 is 14.8 Å². The quantitative estimate of drug-likeness (QED) is 0.383. The molecule has 45 heavy (non-hydrogen) atoms. The fraction of sp³-hybridized carbons (Fsp3) is 0.562. The Hall–Kier alpha value is -3.42. The molecule has 1 aliphatic rings. The number of ether oxygens (including phenoxy) is 2. The van der Waals surface area contributed by atoms with E-state index in [2.05, 4.69) is 10.0 Å². The summed E-state index contributed by atoms with van der Waals surface area (Å²) >= 11 is 0. The Morgan fingerprint density at radius 2 is 1.82 bits per heavy atom. The number of hydrogen-bond donors (Lipinski definition) is 3. The Bertz CT molecular complexity index is 1390. The first kappa shape index (κ1) is 36.1. The van der Waals surface area contributed by atoms with Crippen LogP contribution in [0.15, 0.2) is 47.4 Å². The average molecular weight is 651 g/mol. The minimum absolute atomic E-state index is 0.0323. The Labute approximate surface area is 266 Å². The lowest BCUT2D eigenvalue weighted by Crippen LogP contribution is -2.49. The lowest BCUT2D eigenvalue weighted by atomic mass is 10.0. The van der Waals surface area contributed by atoms with Gasteiger partial charge in [-0.25, -0.2) is 17.6 Å². The maximum atomic E-state index is 14.2. The zero-order valence-corrected chi connectivity index (χ0v) is 27.8. The number of halogens is 1. The van der Waals surface area contributed by atoms with Crippen molar-refractivity contribution in [2.45, 2.75) is 83.1 Å². The molecule has 3 rings (SSSR count). The molecule has 2 aromatic rings. The van der Waals surface area contributed by atoms with Crippen LogP contribution in [0.5, 0.6) is 5.75 Å². The molecular formula is C32H47FN4O7S. The Kier molecular flexibility index (Phi) is 13.0. The molecule has 0 spiro atoms. The number of carbonyl (C=O) groups excluding carboxylic acids is 2. The van der Waals surface area contributed by atoms with E-state index in [0.717, 1.165) is 37.1 Å². The second-order valence-electron chi connectivity index (χ2n) is 12.1. The molecule has 0 aromatic heterocycles. The summed E-state index contributed by atoms with van der Waals surface area (Å²) in [4.78, 5) is 29.9. The average Bonchev–Trinajstić information content (AvgIpc) is 2.98. The zero-order valence-electron chi connectivity index (χ0n) is 27.0. The summed E-state index contributed by atoms with van der Waals surface area (Å²) in [7, 11) is -2.39. The van der Waals surface area contributed by atoms with Crippen molar-refractivity contribution in [1.29, 1.82) is 0 Å². The van der Waals surface area contributed by atoms with Crippen molar-refractivity contribution >= 4 is 27.6 Å². The molecule has 1 heterocycles. The Balaban J connectivity index is 1.98. The van der Waals surface area contributed by atoms with Gasteiger partial charge in [-0.15, -0.1) is 0 Å². The number of likely N-dealkylation sites (N-methyl/N-ethyl adjacent to an activating group) is 1. The van der Waals surface area contributed by atoms with Crippen LogP contribution in [-0.2, 0) is 14.8 Å². The normalized spacial score (nSPS) is 20.9. The van der Waals surface area contributed by atoms with Crippen LogP contribution in [0, 0.1) is 11.7 Å². The Morgan fingerprint density at radius 3 is 2.47 bits per heavy atom. The van der Waals surface area contributed by atoms with Gasteiger partial charge in [0.15, 0.2) is 0 Å². The second kappa shape index (κ2) is 16.2. The number of amides is 3. The third kappa shape index (κ3) is 10.3. The van der Waals surface area contributed by atoms with Crippen LogP contribution >= 0.6 is 0 Å². The minimum Gasteiger partial charge on any atom is -0.490 e. The molecule has 2 aromatic carbocycles. The van der Waals surface area contributed by atoms with Crippen LogP contribution in [0.1, 0.15) is 64.2 Å². The summed E-state index contributed by atoms with van der Waals surface area (Å²) < 4.78 is 54.5. The number of fused-ring (bicyclic) bond motifs is 1. The molecule has 0 saturated carbocycles. The molecule has 0 saturated heterocycles. The molecule has 0 unspecified atom stereocenters. The highest BCUT2D eigenvalue weighted by atomic mass is 32.2. The van der Waals surface area contributed by atoms with E-state index in [9.17, 15) is 27.5 Å². The van der Waals surface area contributed by atoms with Crippen LogP contribution in [0.25, 0.3) is 0 Å². The number of aliphatic hydroxyl groups excluding tert-OH is 1. The Morgan fingerprint density at radius 1 is 1.13 bits per heavy atom. The number of nitrogens with one attached hydrogen (secondary N) is 2. The first-order valence-corrected chi connectivity index (χ1v) is 16.8. The van der Waals surface area contributed by atoms with Gasteiger partial charge >= 0.3 is 6.03 Å². The molecular weight excluding hydrogens is 603 g/mol. The van der Waals surface area contributed by atoms with E-state index in [1.54, 1.807) is 24.9 Å². The van der Waals surface area contributed by atoms with Gasteiger partial charge in [-0.2, -0.15) is 0 Å². The third-order valence-corrected chi connectivity index (χ3v) is 9.04. The van der Waals surface area contributed by atoms with Gasteiger partial charge in [-0.3, -0.25) is 9.52 Å². The van der Waals surface area contributed by atoms with E-state index in [1.165, 1.54) is 17.0 Å². The van der Waals surface area contributed by atoms with Crippen LogP contribution in [0.3, 0.4) is 0 Å². The number of urea groups is 1. The van der Waals surface area contributed by atoms with Gasteiger partial charge in [0, 0.05) is 44.4 Å². The number of benzene rings is 2. The summed E-state index contributed by atoms with van der Waals surface area (Å²) in [5.41, 5.74) is 0.240. The van der Waals surface area contributed by atoms with Crippen molar-refractivity contribution in [1.82, 2.24) is 15.1 Å². The standard InChI is InChI=1S/C32H47FN4O7S/c1-21(2)34-32(40)36(6)19-30-22(3)18-37(23(4)20-38)31(39)28-17-26(35-45(41,42)27-13-10-25(33)11-14-27)12-15-29(28)44-24(5)9-7-8-16-43-30/h10-15,17,21-24,30,35,38H,7-9,16,18-20H2,1-6H3,(H,34,40)/t22-,23-,24-,30+/m1/s1. The number of hydrogen-bond acceptors (Lipinski definition) is 7. The maximum absolute atomic E-state index is 14.2. The fourth-order valence-electron chi connectivity index (χ4n) is 4.99. The second-order valence-corrected chi connectivity index (χ2v) is 13.7. The highest BCUT2D eigenvalue weighted by Gasteiger charge is 2.31. The first-order chi connectivity index (χ1) is 21.2. The van der Waals surface area contributed by atoms with Gasteiger partial charge in [0.25, 0.3) is 15.9 Å². The van der Waals surface area contributed by atoms with Gasteiger partial charge in [-0.05, 0) is 89.4 Å². The molecule has 4 atom stereocenters. The molecule has 0 aliphatic carbocycles. The van der Waals surface area contributed by atoms with Crippen molar-refractivity contribution in [3.05, 3.63) is 53.8 Å². The summed E-state index contributed by atoms with van der Waals surface area (Å²) in [6.07, 6.45) is 1.60. The molecule has 1 aliphatic heterocycles. The van der Waals surface area contributed by atoms with Gasteiger partial charge in [0.2, 0.25) is 0 Å². The maximum Gasteiger partial charge on any atom is 0.317 e. The molecule has 0 bridgehead atoms. The van der Waals surface area contributed by atoms with Crippen LogP contribution in [0.2, 0.25) is 0 Å². The number of rotatable bonds is 8. The van der Waals surface area contributed by atoms with E-state index in [0.29, 0.717) is 19.6 Å². The fourth-order valence-corrected chi connectivity index (χ4v) is 6.04. The van der Waals surface area contributed by atoms with Crippen LogP contribution in [0.4, 0.5) is 14.9 Å². The van der Waals surface area contributed by atoms with Crippen molar-refractivity contribution in [3.63, 3.8) is 0 Å². The van der Waals surface area contributed by atoms with Gasteiger partial charge < -0.3 is 29.7 Å². The van der Waals surface area contributed by atoms with Crippen molar-refractivity contribution in [3.8, 4) is 5.75 Å². The monoisotopic (exact) mass is 650 g/mol. The summed E-state index contributed by atoms with van der Waals surface area (Å²) in [6.45, 7) is 9.95. The van der Waals surface area contributed by atoms with E-state index in [1.807, 2.05) is 27.7 Å². The van der Waals surface area contributed by atoms with E-state index < -0.39 is 33.9 Å². The topological polar surface area (TPSA) is 138 Å². The van der Waals surface area contributed by atoms with Crippen LogP contribution in [-0.4, -0.2) is 92.9 Å². The number of sulfonamides is 1. The van der Waals surface area contributed by atoms with E-state index in [-0.39, 0.29) is 59.1 Å². The highest BCUT2D eigenvalue weighted by Crippen LogP contribution is 2.29. The summed E-state index contributed by atoms with van der Waals surface area (Å²) in [5.74, 6) is -0.990. The number of aliphatic hydroxyl groups is 1. The molecule has 3 N–H and O–H groups in total. The first-order valence-electron chi connectivity index (χ1n) is 15.4. The molecule has 0 fully saturated rings. The third-order valence-electron chi connectivity index (χ3n) is 7.64. The predicted molar refractivity (Wildman–Crippen MR) is 170 cm³/mol. The van der Waals surface area contributed by atoms with Gasteiger partial charge in [0.1, 0.15) is 11.6 Å². The molecule has 11 nitrogen and oxygen atoms in total. The summed E-state index contributed by atoms with van der Waals surface area (Å²) in [6, 6.07) is 8.03. The van der Waals surface area contributed by atoms with Crippen molar-refractivity contribution in [2.75, 3.05) is 38.1 Å². The zero-order chi connectivity index (χ0) is 33.3. The number of carbonyl (C=O) groups is 2. The smallest absolute Gasteiger partial charge is 0.317 e. The van der Waals surface area contributed by atoms with Crippen molar-refractivity contribution < 1.29 is 37.0 Å². The van der Waals surface area contributed by atoms with Gasteiger partial charge in [0.05, 0.1) is 35.3 Å². The number of nitrogens with zero attached hydrogens (tertiary/aromatic N) is 2. The molecule has 0 radical (unpaired) electrons. The summed E-state index contributed by atoms with van der Waals surface area (Å²) in [5, 5.41) is 13.0. The SMILES string of the molecule is CC(C)NC(=O)N(C)C[C@@H]1OCCCC[C@@H](C)Oc2ccc(NS(=O)(=O)c3ccc(F)cc3)cc2C(=O)N([C@H](C)CO)C[C@H]1C. The highest BCUT2D eigenvalue weighted by molar-refractivity contribution is 7.92. The lowest BCUT2D eigenvalue weighted by molar-refractivity contribution is -0.0122.